The fourth-order valence-electron chi connectivity index (χ4n) is 2.61. The first-order chi connectivity index (χ1) is 10.7. The number of ether oxygens (including phenoxy) is 1. The van der Waals surface area contributed by atoms with Crippen LogP contribution in [0.25, 0.3) is 0 Å². The summed E-state index contributed by atoms with van der Waals surface area (Å²) < 4.78 is 18.3. The van der Waals surface area contributed by atoms with Crippen LogP contribution >= 0.6 is 24.0 Å². The number of guanidine groups is 1. The lowest BCUT2D eigenvalue weighted by Crippen LogP contribution is -2.41. The Bertz CT molecular complexity index is 475. The number of hydrogen-bond acceptors (Lipinski definition) is 2. The first-order valence-electron chi connectivity index (χ1n) is 8.00. The van der Waals surface area contributed by atoms with E-state index < -0.39 is 0 Å². The molecule has 1 heterocycles. The molecular weight excluding hydrogens is 408 g/mol. The molecule has 6 heteroatoms. The molecule has 0 amide bonds. The number of benzene rings is 1. The Kier molecular flexibility index (Phi) is 9.47. The minimum Gasteiger partial charge on any atom is -0.381 e. The first-order valence-corrected chi connectivity index (χ1v) is 8.00. The topological polar surface area (TPSA) is 36.9 Å². The highest BCUT2D eigenvalue weighted by molar-refractivity contribution is 14.0. The maximum Gasteiger partial charge on any atom is 0.193 e. The standard InChI is InChI=1S/C17H26FN3O.HI/c1-3-19-17(21(2)12-15-9-11-22-13-15)20-10-8-14-4-6-16(18)7-5-14;/h4-7,15H,3,8-13H2,1-2H3,(H,19,20);1H. The van der Waals surface area contributed by atoms with Gasteiger partial charge in [-0.05, 0) is 37.5 Å². The van der Waals surface area contributed by atoms with Gasteiger partial charge in [0.1, 0.15) is 5.82 Å². The van der Waals surface area contributed by atoms with Gasteiger partial charge in [-0.15, -0.1) is 24.0 Å². The van der Waals surface area contributed by atoms with E-state index in [1.165, 1.54) is 12.1 Å². The van der Waals surface area contributed by atoms with E-state index in [0.717, 1.165) is 50.7 Å². The van der Waals surface area contributed by atoms with Crippen molar-refractivity contribution in [2.75, 3.05) is 39.9 Å². The van der Waals surface area contributed by atoms with Crippen LogP contribution in [0.5, 0.6) is 0 Å². The lowest BCUT2D eigenvalue weighted by molar-refractivity contribution is 0.181. The summed E-state index contributed by atoms with van der Waals surface area (Å²) in [5.41, 5.74) is 1.10. The average molecular weight is 435 g/mol. The third kappa shape index (κ3) is 7.03. The Morgan fingerprint density at radius 3 is 2.74 bits per heavy atom. The summed E-state index contributed by atoms with van der Waals surface area (Å²) in [7, 11) is 2.07. The lowest BCUT2D eigenvalue weighted by atomic mass is 10.1. The normalized spacial score (nSPS) is 17.7. The van der Waals surface area contributed by atoms with E-state index in [2.05, 4.69) is 29.2 Å². The number of hydrogen-bond donors (Lipinski definition) is 1. The van der Waals surface area contributed by atoms with Crippen LogP contribution in [-0.4, -0.2) is 50.8 Å². The predicted molar refractivity (Wildman–Crippen MR) is 103 cm³/mol. The monoisotopic (exact) mass is 435 g/mol. The van der Waals surface area contributed by atoms with Gasteiger partial charge in [-0.3, -0.25) is 4.99 Å². The van der Waals surface area contributed by atoms with Crippen molar-refractivity contribution in [3.8, 4) is 0 Å². The summed E-state index contributed by atoms with van der Waals surface area (Å²) in [5.74, 6) is 1.32. The van der Waals surface area contributed by atoms with E-state index >= 15 is 0 Å². The van der Waals surface area contributed by atoms with Crippen LogP contribution in [0, 0.1) is 11.7 Å². The molecule has 1 aromatic carbocycles. The molecule has 0 aliphatic carbocycles. The van der Waals surface area contributed by atoms with Crippen molar-refractivity contribution in [1.29, 1.82) is 0 Å². The molecule has 23 heavy (non-hydrogen) atoms. The van der Waals surface area contributed by atoms with Crippen molar-refractivity contribution in [2.45, 2.75) is 19.8 Å². The SMILES string of the molecule is CCNC(=NCCc1ccc(F)cc1)N(C)CC1CCOC1.I. The van der Waals surface area contributed by atoms with Gasteiger partial charge in [-0.25, -0.2) is 4.39 Å². The Hall–Kier alpha value is -0.890. The fourth-order valence-corrected chi connectivity index (χ4v) is 2.61. The van der Waals surface area contributed by atoms with Crippen molar-refractivity contribution >= 4 is 29.9 Å². The van der Waals surface area contributed by atoms with Crippen LogP contribution in [0.3, 0.4) is 0 Å². The molecule has 0 radical (unpaired) electrons. The molecule has 1 aliphatic heterocycles. The van der Waals surface area contributed by atoms with E-state index in [1.54, 1.807) is 0 Å². The highest BCUT2D eigenvalue weighted by atomic mass is 127. The molecule has 1 aliphatic rings. The zero-order valence-corrected chi connectivity index (χ0v) is 16.3. The van der Waals surface area contributed by atoms with Gasteiger partial charge in [0.2, 0.25) is 0 Å². The summed E-state index contributed by atoms with van der Waals surface area (Å²) in [5, 5.41) is 3.33. The molecule has 2 rings (SSSR count). The number of halogens is 2. The molecule has 4 nitrogen and oxygen atoms in total. The van der Waals surface area contributed by atoms with Crippen LogP contribution in [-0.2, 0) is 11.2 Å². The highest BCUT2D eigenvalue weighted by Gasteiger charge is 2.18. The van der Waals surface area contributed by atoms with E-state index in [4.69, 9.17) is 4.74 Å². The summed E-state index contributed by atoms with van der Waals surface area (Å²) in [6.45, 7) is 6.29. The van der Waals surface area contributed by atoms with Crippen molar-refractivity contribution in [1.82, 2.24) is 10.2 Å². The molecule has 1 saturated heterocycles. The number of nitrogens with one attached hydrogen (secondary N) is 1. The second kappa shape index (κ2) is 10.8. The lowest BCUT2D eigenvalue weighted by Gasteiger charge is -2.24. The van der Waals surface area contributed by atoms with Crippen LogP contribution < -0.4 is 5.32 Å². The highest BCUT2D eigenvalue weighted by Crippen LogP contribution is 2.13. The Morgan fingerprint density at radius 1 is 1.39 bits per heavy atom. The van der Waals surface area contributed by atoms with Crippen molar-refractivity contribution in [3.63, 3.8) is 0 Å². The minimum atomic E-state index is -0.195. The van der Waals surface area contributed by atoms with Gasteiger partial charge in [-0.1, -0.05) is 12.1 Å². The van der Waals surface area contributed by atoms with Gasteiger partial charge in [0.05, 0.1) is 6.61 Å². The third-order valence-corrected chi connectivity index (χ3v) is 3.83. The molecule has 1 aromatic rings. The Morgan fingerprint density at radius 2 is 2.13 bits per heavy atom. The largest absolute Gasteiger partial charge is 0.381 e. The molecule has 0 bridgehead atoms. The second-order valence-corrected chi connectivity index (χ2v) is 5.72. The van der Waals surface area contributed by atoms with Crippen LogP contribution in [0.4, 0.5) is 4.39 Å². The van der Waals surface area contributed by atoms with Crippen molar-refractivity contribution in [3.05, 3.63) is 35.6 Å². The van der Waals surface area contributed by atoms with E-state index in [9.17, 15) is 4.39 Å². The number of nitrogens with zero attached hydrogens (tertiary/aromatic N) is 2. The van der Waals surface area contributed by atoms with Gasteiger partial charge in [0.25, 0.3) is 0 Å². The average Bonchev–Trinajstić information content (AvgIpc) is 3.01. The summed E-state index contributed by atoms with van der Waals surface area (Å²) in [4.78, 5) is 6.84. The van der Waals surface area contributed by atoms with Gasteiger partial charge in [0.15, 0.2) is 5.96 Å². The summed E-state index contributed by atoms with van der Waals surface area (Å²) in [6, 6.07) is 6.63. The first kappa shape index (κ1) is 20.2. The third-order valence-electron chi connectivity index (χ3n) is 3.83. The van der Waals surface area contributed by atoms with Gasteiger partial charge in [0, 0.05) is 39.2 Å². The minimum absolute atomic E-state index is 0. The smallest absolute Gasteiger partial charge is 0.193 e. The van der Waals surface area contributed by atoms with Gasteiger partial charge >= 0.3 is 0 Å². The quantitative estimate of drug-likeness (QED) is 0.424. The molecule has 1 atom stereocenters. The van der Waals surface area contributed by atoms with Crippen LogP contribution in [0.15, 0.2) is 29.3 Å². The predicted octanol–water partition coefficient (Wildman–Crippen LogP) is 2.92. The van der Waals surface area contributed by atoms with E-state index in [0.29, 0.717) is 12.5 Å². The van der Waals surface area contributed by atoms with Crippen LogP contribution in [0.1, 0.15) is 18.9 Å². The zero-order chi connectivity index (χ0) is 15.8. The van der Waals surface area contributed by atoms with E-state index in [-0.39, 0.29) is 29.8 Å². The van der Waals surface area contributed by atoms with Gasteiger partial charge < -0.3 is 15.0 Å². The second-order valence-electron chi connectivity index (χ2n) is 5.72. The maximum atomic E-state index is 12.9. The molecule has 130 valence electrons. The molecule has 1 fully saturated rings. The van der Waals surface area contributed by atoms with Crippen molar-refractivity contribution in [2.24, 2.45) is 10.9 Å². The summed E-state index contributed by atoms with van der Waals surface area (Å²) in [6.07, 6.45) is 1.94. The fraction of sp³-hybridized carbons (Fsp3) is 0.588. The molecule has 0 aromatic heterocycles. The molecular formula is C17H27FIN3O. The molecule has 0 spiro atoms. The molecule has 1 N–H and O–H groups in total. The maximum absolute atomic E-state index is 12.9. The molecule has 0 saturated carbocycles. The zero-order valence-electron chi connectivity index (χ0n) is 13.9. The van der Waals surface area contributed by atoms with E-state index in [1.807, 2.05) is 12.1 Å². The summed E-state index contributed by atoms with van der Waals surface area (Å²) >= 11 is 0. The Labute approximate surface area is 155 Å². The van der Waals surface area contributed by atoms with Crippen LogP contribution in [0.2, 0.25) is 0 Å². The van der Waals surface area contributed by atoms with Gasteiger partial charge in [-0.2, -0.15) is 0 Å². The number of aliphatic imine (C=N–C) groups is 1. The Balaban J connectivity index is 0.00000264. The van der Waals surface area contributed by atoms with Crippen molar-refractivity contribution < 1.29 is 9.13 Å². The molecule has 1 unspecified atom stereocenters. The number of rotatable bonds is 6.